The number of piperazine rings is 1. The van der Waals surface area contributed by atoms with Crippen molar-refractivity contribution < 1.29 is 19.9 Å². The van der Waals surface area contributed by atoms with Gasteiger partial charge < -0.3 is 15.5 Å². The molecule has 2 N–H and O–H groups in total. The van der Waals surface area contributed by atoms with Gasteiger partial charge in [0, 0.05) is 58.9 Å². The van der Waals surface area contributed by atoms with Gasteiger partial charge in [-0.1, -0.05) is 12.7 Å². The molecule has 2 fully saturated rings. The van der Waals surface area contributed by atoms with E-state index in [0.717, 1.165) is 45.0 Å². The van der Waals surface area contributed by atoms with E-state index in [9.17, 15) is 9.59 Å². The van der Waals surface area contributed by atoms with Crippen LogP contribution in [0.2, 0.25) is 0 Å². The largest absolute Gasteiger partial charge is 0.368 e. The smallest absolute Gasteiger partial charge is 0.263 e. The molecule has 0 bridgehead atoms. The van der Waals surface area contributed by atoms with Crippen LogP contribution in [0.25, 0.3) is 11.0 Å². The number of anilines is 3. The van der Waals surface area contributed by atoms with Crippen LogP contribution in [-0.4, -0.2) is 51.5 Å². The van der Waals surface area contributed by atoms with Crippen LogP contribution < -0.4 is 21.1 Å². The van der Waals surface area contributed by atoms with Gasteiger partial charge in [-0.3, -0.25) is 14.2 Å². The molecule has 9 heteroatoms. The molecule has 33 heavy (non-hydrogen) atoms. The number of aromatic nitrogens is 4. The van der Waals surface area contributed by atoms with E-state index in [4.69, 9.17) is 15.1 Å². The summed E-state index contributed by atoms with van der Waals surface area (Å²) in [5, 5.41) is 5.65. The Balaban J connectivity index is 1.74. The van der Waals surface area contributed by atoms with E-state index in [-0.39, 0.29) is 11.8 Å². The molecule has 9 nitrogen and oxygen atoms in total. The SMILES string of the molecule is [2H]C([2H])([2H])c1c(C(C)=O)c(=O)n(C2C([2H])([2H])C([2H])([2H])C([2H])([2H])C2([2H])[2H])c2nc(Nc3ccc(N4CCNCC4)cn3)ncc12. The summed E-state index contributed by atoms with van der Waals surface area (Å²) in [4.78, 5) is 41.5. The summed E-state index contributed by atoms with van der Waals surface area (Å²) < 4.78 is 91.5. The Morgan fingerprint density at radius 2 is 2.00 bits per heavy atom. The first kappa shape index (κ1) is 12.2. The molecule has 172 valence electrons. The molecule has 1 saturated carbocycles. The number of rotatable bonds is 5. The Kier molecular flexibility index (Phi) is 3.30. The first-order valence-electron chi connectivity index (χ1n) is 15.9. The molecular weight excluding hydrogens is 418 g/mol. The number of carbonyl (C=O) groups is 1. The molecule has 3 aromatic heterocycles. The van der Waals surface area contributed by atoms with Gasteiger partial charge in [0.1, 0.15) is 11.5 Å². The fourth-order valence-corrected chi connectivity index (χ4v) is 3.88. The topological polar surface area (TPSA) is 105 Å². The van der Waals surface area contributed by atoms with E-state index < -0.39 is 71.9 Å². The second-order valence-corrected chi connectivity index (χ2v) is 7.62. The van der Waals surface area contributed by atoms with Crippen LogP contribution in [0.4, 0.5) is 17.5 Å². The minimum absolute atomic E-state index is 0.243. The zero-order valence-corrected chi connectivity index (χ0v) is 17.8. The molecule has 0 amide bonds. The maximum absolute atomic E-state index is 13.9. The number of hydrogen-bond donors (Lipinski definition) is 2. The minimum atomic E-state index is -3.47. The minimum Gasteiger partial charge on any atom is -0.368 e. The van der Waals surface area contributed by atoms with Gasteiger partial charge in [-0.25, -0.2) is 9.97 Å². The molecule has 2 aliphatic rings. The van der Waals surface area contributed by atoms with Crippen LogP contribution in [0.1, 0.15) is 69.5 Å². The van der Waals surface area contributed by atoms with Crippen molar-refractivity contribution in [3.05, 3.63) is 46.0 Å². The second-order valence-electron chi connectivity index (χ2n) is 7.62. The van der Waals surface area contributed by atoms with E-state index in [0.29, 0.717) is 4.57 Å². The van der Waals surface area contributed by atoms with Crippen LogP contribution in [0.3, 0.4) is 0 Å². The number of hydrogen-bond acceptors (Lipinski definition) is 8. The summed E-state index contributed by atoms with van der Waals surface area (Å²) in [6.07, 6.45) is -11.1. The van der Waals surface area contributed by atoms with Crippen molar-refractivity contribution in [3.63, 3.8) is 0 Å². The summed E-state index contributed by atoms with van der Waals surface area (Å²) in [6, 6.07) is 0.912. The fraction of sp³-hybridized carbons (Fsp3) is 0.458. The number of carbonyl (C=O) groups excluding carboxylic acids is 1. The van der Waals surface area contributed by atoms with Crippen molar-refractivity contribution in [3.8, 4) is 0 Å². The zero-order chi connectivity index (χ0) is 32.6. The number of pyridine rings is 2. The van der Waals surface area contributed by atoms with E-state index in [1.54, 1.807) is 18.3 Å². The summed E-state index contributed by atoms with van der Waals surface area (Å²) in [5.41, 5.74) is -2.88. The zero-order valence-electron chi connectivity index (χ0n) is 28.8. The van der Waals surface area contributed by atoms with Crippen molar-refractivity contribution in [1.82, 2.24) is 24.8 Å². The number of fused-ring (bicyclic) bond motifs is 1. The fourth-order valence-electron chi connectivity index (χ4n) is 3.88. The average molecular weight is 459 g/mol. The Hall–Kier alpha value is -3.33. The van der Waals surface area contributed by atoms with E-state index in [1.807, 2.05) is 0 Å². The molecule has 1 aliphatic heterocycles. The Morgan fingerprint density at radius 1 is 1.21 bits per heavy atom. The lowest BCUT2D eigenvalue weighted by Crippen LogP contribution is -2.43. The Bertz CT molecular complexity index is 1660. The van der Waals surface area contributed by atoms with Crippen LogP contribution in [0.15, 0.2) is 29.3 Å². The quantitative estimate of drug-likeness (QED) is 0.562. The highest BCUT2D eigenvalue weighted by atomic mass is 16.1. The number of Topliss-reactive ketones (excluding diaryl/α,β-unsaturated/α-hetero) is 1. The number of nitrogens with zero attached hydrogens (tertiary/aromatic N) is 5. The van der Waals surface area contributed by atoms with Gasteiger partial charge in [-0.2, -0.15) is 4.98 Å². The average Bonchev–Trinajstić information content (AvgIpc) is 3.00. The monoisotopic (exact) mass is 458 g/mol. The van der Waals surface area contributed by atoms with Gasteiger partial charge in [-0.05, 0) is 44.2 Å². The predicted molar refractivity (Wildman–Crippen MR) is 129 cm³/mol. The molecule has 0 radical (unpaired) electrons. The van der Waals surface area contributed by atoms with Crippen LogP contribution in [-0.2, 0) is 0 Å². The Labute approximate surface area is 207 Å². The standard InChI is InChI=1S/C24H29N7O2/c1-15-19-14-27-24(28-20-8-7-18(13-26-20)30-11-9-25-10-12-30)29-22(19)31(17-5-3-4-6-17)23(33)21(15)16(2)32/h7-8,13-14,17,25H,3-6,9-12H2,1-2H3,(H,26,27,28,29)/i1D3,3D2,4D2,5D2,6D2. The molecule has 5 rings (SSSR count). The first-order chi connectivity index (χ1) is 20.2. The van der Waals surface area contributed by atoms with Crippen molar-refractivity contribution in [2.75, 3.05) is 36.4 Å². The van der Waals surface area contributed by atoms with Gasteiger partial charge in [-0.15, -0.1) is 0 Å². The lowest BCUT2D eigenvalue weighted by molar-refractivity contribution is 0.101. The summed E-state index contributed by atoms with van der Waals surface area (Å²) >= 11 is 0. The van der Waals surface area contributed by atoms with Crippen molar-refractivity contribution in [1.29, 1.82) is 0 Å². The Morgan fingerprint density at radius 3 is 2.67 bits per heavy atom. The van der Waals surface area contributed by atoms with Crippen molar-refractivity contribution >= 4 is 34.3 Å². The lowest BCUT2D eigenvalue weighted by atomic mass is 10.0. The number of nitrogens with one attached hydrogen (secondary N) is 2. The highest BCUT2D eigenvalue weighted by molar-refractivity contribution is 5.99. The highest BCUT2D eigenvalue weighted by Gasteiger charge is 2.25. The molecular formula is C24H29N7O2. The summed E-state index contributed by atoms with van der Waals surface area (Å²) in [5.74, 6) is -1.05. The first-order valence-corrected chi connectivity index (χ1v) is 10.4. The molecule has 1 saturated heterocycles. The normalized spacial score (nSPS) is 28.4. The third-order valence-corrected chi connectivity index (χ3v) is 5.51. The van der Waals surface area contributed by atoms with E-state index in [2.05, 4.69) is 30.5 Å². The van der Waals surface area contributed by atoms with E-state index >= 15 is 0 Å². The molecule has 0 atom stereocenters. The van der Waals surface area contributed by atoms with Crippen molar-refractivity contribution in [2.45, 2.75) is 45.3 Å². The third-order valence-electron chi connectivity index (χ3n) is 5.51. The predicted octanol–water partition coefficient (Wildman–Crippen LogP) is 2.97. The molecule has 0 unspecified atom stereocenters. The maximum Gasteiger partial charge on any atom is 0.263 e. The maximum atomic E-state index is 13.9. The summed E-state index contributed by atoms with van der Waals surface area (Å²) in [7, 11) is 0. The van der Waals surface area contributed by atoms with Crippen molar-refractivity contribution in [2.24, 2.45) is 0 Å². The third kappa shape index (κ3) is 4.08. The van der Waals surface area contributed by atoms with Gasteiger partial charge in [0.2, 0.25) is 5.95 Å². The number of aryl methyl sites for hydroxylation is 1. The summed E-state index contributed by atoms with van der Waals surface area (Å²) in [6.45, 7) is 1.03. The lowest BCUT2D eigenvalue weighted by Gasteiger charge is -2.29. The molecule has 0 spiro atoms. The molecule has 0 aromatic carbocycles. The van der Waals surface area contributed by atoms with Crippen LogP contribution >= 0.6 is 0 Å². The van der Waals surface area contributed by atoms with Gasteiger partial charge >= 0.3 is 0 Å². The van der Waals surface area contributed by atoms with Gasteiger partial charge in [0.15, 0.2) is 5.78 Å². The van der Waals surface area contributed by atoms with Gasteiger partial charge in [0.25, 0.3) is 5.56 Å². The van der Waals surface area contributed by atoms with E-state index in [1.165, 1.54) is 0 Å². The molecule has 3 aromatic rings. The van der Waals surface area contributed by atoms with Crippen LogP contribution in [0.5, 0.6) is 0 Å². The number of ketones is 1. The molecule has 4 heterocycles. The highest BCUT2D eigenvalue weighted by Crippen LogP contribution is 2.32. The van der Waals surface area contributed by atoms with Gasteiger partial charge in [0.05, 0.1) is 17.4 Å². The molecule has 1 aliphatic carbocycles. The second kappa shape index (κ2) is 8.90. The van der Waals surface area contributed by atoms with Crippen LogP contribution in [0, 0.1) is 6.85 Å².